The summed E-state index contributed by atoms with van der Waals surface area (Å²) in [5.41, 5.74) is -0.427. The van der Waals surface area contributed by atoms with Crippen LogP contribution in [-0.4, -0.2) is 26.0 Å². The van der Waals surface area contributed by atoms with E-state index >= 15 is 0 Å². The molecule has 1 atom stereocenters. The number of hydrogen-bond donors (Lipinski definition) is 3. The molecule has 0 bridgehead atoms. The van der Waals surface area contributed by atoms with Crippen LogP contribution in [-0.2, 0) is 10.2 Å². The van der Waals surface area contributed by atoms with Gasteiger partial charge in [-0.25, -0.2) is 9.97 Å². The van der Waals surface area contributed by atoms with Crippen LogP contribution in [0.25, 0.3) is 0 Å². The van der Waals surface area contributed by atoms with E-state index in [9.17, 15) is 4.79 Å². The van der Waals surface area contributed by atoms with Gasteiger partial charge in [0.05, 0.1) is 11.7 Å². The van der Waals surface area contributed by atoms with Gasteiger partial charge in [0.15, 0.2) is 5.13 Å². The van der Waals surface area contributed by atoms with Crippen molar-refractivity contribution in [3.8, 4) is 0 Å². The number of carbonyl (C=O) groups is 1. The first-order chi connectivity index (χ1) is 8.91. The number of rotatable bonds is 5. The van der Waals surface area contributed by atoms with Crippen LogP contribution in [0.5, 0.6) is 0 Å². The number of H-pyrrole nitrogens is 1. The largest absolute Gasteiger partial charge is 0.481 e. The molecular weight excluding hydrogens is 264 g/mol. The molecule has 0 aliphatic carbocycles. The van der Waals surface area contributed by atoms with Crippen molar-refractivity contribution < 1.29 is 9.90 Å². The molecule has 0 saturated carbocycles. The van der Waals surface area contributed by atoms with Crippen molar-refractivity contribution in [3.63, 3.8) is 0 Å². The van der Waals surface area contributed by atoms with Gasteiger partial charge in [-0.1, -0.05) is 0 Å². The number of anilines is 1. The van der Waals surface area contributed by atoms with E-state index in [0.717, 1.165) is 5.82 Å². The fourth-order valence-electron chi connectivity index (χ4n) is 1.50. The topological polar surface area (TPSA) is 90.9 Å². The quantitative estimate of drug-likeness (QED) is 0.782. The van der Waals surface area contributed by atoms with E-state index < -0.39 is 11.4 Å². The summed E-state index contributed by atoms with van der Waals surface area (Å²) in [6.07, 6.45) is 3.45. The van der Waals surface area contributed by atoms with Gasteiger partial charge in [0.25, 0.3) is 0 Å². The Labute approximate surface area is 114 Å². The molecule has 6 nitrogen and oxygen atoms in total. The van der Waals surface area contributed by atoms with Gasteiger partial charge < -0.3 is 15.4 Å². The molecule has 0 aromatic carbocycles. The van der Waals surface area contributed by atoms with Gasteiger partial charge in [0.2, 0.25) is 0 Å². The van der Waals surface area contributed by atoms with Crippen molar-refractivity contribution in [2.75, 3.05) is 5.32 Å². The molecule has 19 heavy (non-hydrogen) atoms. The van der Waals surface area contributed by atoms with Crippen LogP contribution in [0.4, 0.5) is 5.13 Å². The van der Waals surface area contributed by atoms with Gasteiger partial charge in [-0.3, -0.25) is 4.79 Å². The lowest BCUT2D eigenvalue weighted by molar-refractivity contribution is -0.142. The number of carboxylic acids is 1. The molecule has 0 radical (unpaired) electrons. The fourth-order valence-corrected chi connectivity index (χ4v) is 2.47. The fraction of sp³-hybridized carbons (Fsp3) is 0.417. The first-order valence-electron chi connectivity index (χ1n) is 5.86. The smallest absolute Gasteiger partial charge is 0.315 e. The van der Waals surface area contributed by atoms with Gasteiger partial charge in [0, 0.05) is 17.8 Å². The molecule has 0 aliphatic rings. The lowest BCUT2D eigenvalue weighted by Gasteiger charge is -2.16. The Morgan fingerprint density at radius 3 is 2.89 bits per heavy atom. The maximum atomic E-state index is 11.2. The van der Waals surface area contributed by atoms with Gasteiger partial charge in [-0.2, -0.15) is 0 Å². The summed E-state index contributed by atoms with van der Waals surface area (Å²) in [5.74, 6) is -0.0716. The number of aromatic nitrogens is 3. The van der Waals surface area contributed by atoms with E-state index in [4.69, 9.17) is 5.11 Å². The Balaban J connectivity index is 2.12. The number of aliphatic carboxylic acids is 1. The van der Waals surface area contributed by atoms with Crippen LogP contribution in [0.1, 0.15) is 38.3 Å². The minimum Gasteiger partial charge on any atom is -0.481 e. The molecule has 2 aromatic heterocycles. The van der Waals surface area contributed by atoms with Crippen LogP contribution < -0.4 is 5.32 Å². The van der Waals surface area contributed by atoms with E-state index in [1.54, 1.807) is 31.6 Å². The molecule has 0 amide bonds. The van der Waals surface area contributed by atoms with Crippen molar-refractivity contribution in [1.82, 2.24) is 15.0 Å². The maximum absolute atomic E-state index is 11.2. The second-order valence-corrected chi connectivity index (χ2v) is 5.67. The molecular formula is C12H16N4O2S. The highest BCUT2D eigenvalue weighted by molar-refractivity contribution is 7.13. The molecule has 2 rings (SSSR count). The number of nitrogens with zero attached hydrogens (tertiary/aromatic N) is 2. The molecule has 2 aromatic rings. The van der Waals surface area contributed by atoms with Crippen molar-refractivity contribution in [3.05, 3.63) is 29.3 Å². The van der Waals surface area contributed by atoms with E-state index in [-0.39, 0.29) is 6.04 Å². The van der Waals surface area contributed by atoms with Crippen molar-refractivity contribution in [2.24, 2.45) is 0 Å². The average molecular weight is 280 g/mol. The number of hydrogen-bond acceptors (Lipinski definition) is 5. The highest BCUT2D eigenvalue weighted by Crippen LogP contribution is 2.28. The number of imidazole rings is 1. The summed E-state index contributed by atoms with van der Waals surface area (Å²) in [4.78, 5) is 22.7. The van der Waals surface area contributed by atoms with Gasteiger partial charge in [-0.05, 0) is 20.8 Å². The molecule has 0 spiro atoms. The predicted octanol–water partition coefficient (Wildman–Crippen LogP) is 2.40. The third-order valence-electron chi connectivity index (χ3n) is 2.95. The van der Waals surface area contributed by atoms with Crippen LogP contribution in [0.3, 0.4) is 0 Å². The normalized spacial score (nSPS) is 13.2. The van der Waals surface area contributed by atoms with E-state index in [2.05, 4.69) is 20.3 Å². The monoisotopic (exact) mass is 280 g/mol. The lowest BCUT2D eigenvalue weighted by atomic mass is 9.90. The average Bonchev–Trinajstić information content (AvgIpc) is 2.99. The predicted molar refractivity (Wildman–Crippen MR) is 73.4 cm³/mol. The maximum Gasteiger partial charge on any atom is 0.315 e. The highest BCUT2D eigenvalue weighted by atomic mass is 32.1. The second kappa shape index (κ2) is 5.00. The first-order valence-corrected chi connectivity index (χ1v) is 6.74. The second-order valence-electron chi connectivity index (χ2n) is 4.81. The molecule has 0 aliphatic heterocycles. The number of thiazole rings is 1. The molecule has 2 heterocycles. The third kappa shape index (κ3) is 2.76. The summed E-state index contributed by atoms with van der Waals surface area (Å²) < 4.78 is 0. The van der Waals surface area contributed by atoms with Gasteiger partial charge in [0.1, 0.15) is 11.2 Å². The summed E-state index contributed by atoms with van der Waals surface area (Å²) in [7, 11) is 0. The molecule has 3 N–H and O–H groups in total. The Hall–Kier alpha value is -1.89. The Bertz CT molecular complexity index is 562. The third-order valence-corrected chi connectivity index (χ3v) is 3.72. The Kier molecular flexibility index (Phi) is 3.57. The lowest BCUT2D eigenvalue weighted by Crippen LogP contribution is -2.28. The SMILES string of the molecule is CC(Nc1nc(C(C)(C)C(=O)O)cs1)c1ncc[nH]1. The van der Waals surface area contributed by atoms with E-state index in [1.807, 2.05) is 6.92 Å². The molecule has 0 fully saturated rings. The van der Waals surface area contributed by atoms with Crippen LogP contribution >= 0.6 is 11.3 Å². The summed E-state index contributed by atoms with van der Waals surface area (Å²) in [6, 6.07) is -0.0121. The molecule has 1 unspecified atom stereocenters. The van der Waals surface area contributed by atoms with Gasteiger partial charge in [-0.15, -0.1) is 11.3 Å². The standard InChI is InChI=1S/C12H16N4O2S/c1-7(9-13-4-5-14-9)15-11-16-8(6-19-11)12(2,3)10(17)18/h4-7H,1-3H3,(H,13,14)(H,15,16)(H,17,18). The van der Waals surface area contributed by atoms with E-state index in [1.165, 1.54) is 11.3 Å². The van der Waals surface area contributed by atoms with Crippen molar-refractivity contribution in [2.45, 2.75) is 32.2 Å². The minimum atomic E-state index is -0.982. The highest BCUT2D eigenvalue weighted by Gasteiger charge is 2.32. The number of carboxylic acid groups (broad SMARTS) is 1. The van der Waals surface area contributed by atoms with Crippen LogP contribution in [0.2, 0.25) is 0 Å². The number of nitrogens with one attached hydrogen (secondary N) is 2. The summed E-state index contributed by atoms with van der Waals surface area (Å²) >= 11 is 1.39. The summed E-state index contributed by atoms with van der Waals surface area (Å²) in [5, 5.41) is 14.8. The van der Waals surface area contributed by atoms with Crippen LogP contribution in [0.15, 0.2) is 17.8 Å². The van der Waals surface area contributed by atoms with Crippen molar-refractivity contribution in [1.29, 1.82) is 0 Å². The van der Waals surface area contributed by atoms with E-state index in [0.29, 0.717) is 10.8 Å². The Morgan fingerprint density at radius 1 is 1.58 bits per heavy atom. The molecule has 102 valence electrons. The number of aromatic amines is 1. The zero-order chi connectivity index (χ0) is 14.0. The summed E-state index contributed by atoms with van der Waals surface area (Å²) in [6.45, 7) is 5.25. The van der Waals surface area contributed by atoms with Gasteiger partial charge >= 0.3 is 5.97 Å². The molecule has 0 saturated heterocycles. The van der Waals surface area contributed by atoms with Crippen molar-refractivity contribution >= 4 is 22.4 Å². The van der Waals surface area contributed by atoms with Crippen LogP contribution in [0, 0.1) is 0 Å². The molecule has 7 heteroatoms. The first kappa shape index (κ1) is 13.5. The minimum absolute atomic E-state index is 0.0121. The Morgan fingerprint density at radius 2 is 2.32 bits per heavy atom. The zero-order valence-electron chi connectivity index (χ0n) is 11.0. The zero-order valence-corrected chi connectivity index (χ0v) is 11.8.